The monoisotopic (exact) mass is 351 g/mol. The van der Waals surface area contributed by atoms with Crippen molar-refractivity contribution in [1.82, 2.24) is 15.1 Å². The van der Waals surface area contributed by atoms with Gasteiger partial charge in [0.25, 0.3) is 0 Å². The van der Waals surface area contributed by atoms with Gasteiger partial charge in [0, 0.05) is 43.8 Å². The van der Waals surface area contributed by atoms with Crippen LogP contribution in [0, 0.1) is 0 Å². The van der Waals surface area contributed by atoms with Crippen LogP contribution in [0.4, 0.5) is 18.0 Å². The quantitative estimate of drug-likeness (QED) is 0.607. The zero-order chi connectivity index (χ0) is 18.1. The Morgan fingerprint density at radius 3 is 2.04 bits per heavy atom. The van der Waals surface area contributed by atoms with Crippen molar-refractivity contribution >= 4 is 12.1 Å². The molecule has 138 valence electrons. The first-order valence-electron chi connectivity index (χ1n) is 8.07. The van der Waals surface area contributed by atoms with E-state index in [4.69, 9.17) is 0 Å². The van der Waals surface area contributed by atoms with Crippen molar-refractivity contribution in [2.45, 2.75) is 57.4 Å². The number of ether oxygens (including phenoxy) is 1. The number of amides is 1. The van der Waals surface area contributed by atoms with E-state index in [9.17, 15) is 22.8 Å². The van der Waals surface area contributed by atoms with Crippen LogP contribution in [-0.4, -0.2) is 71.8 Å². The van der Waals surface area contributed by atoms with Crippen LogP contribution < -0.4 is 5.32 Å². The van der Waals surface area contributed by atoms with Crippen molar-refractivity contribution < 1.29 is 27.5 Å². The molecule has 2 saturated heterocycles. The Morgan fingerprint density at radius 2 is 1.67 bits per heavy atom. The number of carbonyl (C=O) groups is 2. The van der Waals surface area contributed by atoms with E-state index in [2.05, 4.69) is 15.0 Å². The maximum atomic E-state index is 12.3. The summed E-state index contributed by atoms with van der Waals surface area (Å²) in [5.74, 6) is -2.47. The van der Waals surface area contributed by atoms with Crippen molar-refractivity contribution in [1.29, 1.82) is 0 Å². The van der Waals surface area contributed by atoms with Crippen molar-refractivity contribution in [3.63, 3.8) is 0 Å². The molecule has 0 bridgehead atoms. The fraction of sp³-hybridized carbons (Fsp3) is 0.867. The van der Waals surface area contributed by atoms with Gasteiger partial charge in [0.05, 0.1) is 0 Å². The molecule has 0 aromatic heterocycles. The molecule has 24 heavy (non-hydrogen) atoms. The van der Waals surface area contributed by atoms with Crippen LogP contribution in [0.5, 0.6) is 0 Å². The lowest BCUT2D eigenvalue weighted by molar-refractivity contribution is -0.194. The molecule has 0 atom stereocenters. The summed E-state index contributed by atoms with van der Waals surface area (Å²) in [6.45, 7) is 8.57. The first kappa shape index (κ1) is 19.0. The second-order valence-corrected chi connectivity index (χ2v) is 7.27. The molecule has 2 aliphatic rings. The van der Waals surface area contributed by atoms with Gasteiger partial charge in [0.15, 0.2) is 0 Å². The Kier molecular flexibility index (Phi) is 5.44. The highest BCUT2D eigenvalue weighted by molar-refractivity contribution is 5.88. The Hall–Kier alpha value is -1.35. The molecule has 0 radical (unpaired) electrons. The van der Waals surface area contributed by atoms with E-state index in [1.165, 1.54) is 4.90 Å². The van der Waals surface area contributed by atoms with E-state index >= 15 is 0 Å². The number of alkyl halides is 3. The largest absolute Gasteiger partial charge is 0.491 e. The van der Waals surface area contributed by atoms with Crippen LogP contribution in [0.1, 0.15) is 33.6 Å². The molecule has 0 aromatic rings. The Morgan fingerprint density at radius 1 is 1.12 bits per heavy atom. The van der Waals surface area contributed by atoms with E-state index in [0.717, 1.165) is 26.2 Å². The molecular formula is C15H24F3N3O3. The number of rotatable bonds is 2. The normalized spacial score (nSPS) is 21.2. The highest BCUT2D eigenvalue weighted by Crippen LogP contribution is 2.27. The second kappa shape index (κ2) is 6.87. The number of esters is 1. The molecule has 2 fully saturated rings. The lowest BCUT2D eigenvalue weighted by Crippen LogP contribution is -2.61. The first-order valence-corrected chi connectivity index (χ1v) is 8.07. The minimum absolute atomic E-state index is 0.247. The molecule has 6 nitrogen and oxygen atoms in total. The van der Waals surface area contributed by atoms with E-state index in [-0.39, 0.29) is 6.04 Å². The number of hydrogen-bond acceptors (Lipinski definition) is 5. The van der Waals surface area contributed by atoms with E-state index in [1.54, 1.807) is 20.8 Å². The number of piperidine rings is 1. The van der Waals surface area contributed by atoms with Crippen molar-refractivity contribution in [3.05, 3.63) is 0 Å². The third kappa shape index (κ3) is 4.38. The summed E-state index contributed by atoms with van der Waals surface area (Å²) in [5, 5.41) is 3.20. The molecule has 9 heteroatoms. The molecule has 2 rings (SSSR count). The smallest absolute Gasteiger partial charge is 0.369 e. The van der Waals surface area contributed by atoms with E-state index in [1.807, 2.05) is 0 Å². The highest BCUT2D eigenvalue weighted by Gasteiger charge is 2.45. The van der Waals surface area contributed by atoms with Gasteiger partial charge in [0.1, 0.15) is 0 Å². The fourth-order valence-corrected chi connectivity index (χ4v) is 3.20. The Labute approximate surface area is 139 Å². The zero-order valence-corrected chi connectivity index (χ0v) is 14.2. The standard InChI is InChI=1S/C15H24F3N3O3/c1-14(2,3)21(13(23)24-12(22)15(16,17)18)10-4-6-20(7-5-10)11-8-19-9-11/h10-11,19H,4-9H2,1-3H3. The van der Waals surface area contributed by atoms with E-state index in [0.29, 0.717) is 18.9 Å². The van der Waals surface area contributed by atoms with Crippen molar-refractivity contribution in [2.75, 3.05) is 26.2 Å². The highest BCUT2D eigenvalue weighted by atomic mass is 19.4. The van der Waals surface area contributed by atoms with Gasteiger partial charge in [-0.25, -0.2) is 9.59 Å². The molecule has 0 aliphatic carbocycles. The number of nitrogens with zero attached hydrogens (tertiary/aromatic N) is 2. The van der Waals surface area contributed by atoms with Gasteiger partial charge in [0.2, 0.25) is 0 Å². The lowest BCUT2D eigenvalue weighted by Gasteiger charge is -2.47. The number of hydrogen-bond donors (Lipinski definition) is 1. The molecule has 0 saturated carbocycles. The van der Waals surface area contributed by atoms with E-state index < -0.39 is 23.8 Å². The van der Waals surface area contributed by atoms with Crippen LogP contribution in [0.2, 0.25) is 0 Å². The maximum absolute atomic E-state index is 12.3. The summed E-state index contributed by atoms with van der Waals surface area (Å²) in [6.07, 6.45) is -5.13. The van der Waals surface area contributed by atoms with Crippen molar-refractivity contribution in [2.24, 2.45) is 0 Å². The summed E-state index contributed by atoms with van der Waals surface area (Å²) in [6, 6.07) is 0.246. The molecule has 2 aliphatic heterocycles. The predicted octanol–water partition coefficient (Wildman–Crippen LogP) is 1.75. The SMILES string of the molecule is CC(C)(C)N(C(=O)OC(=O)C(F)(F)F)C1CCN(C2CNC2)CC1. The van der Waals surface area contributed by atoms with Crippen LogP contribution in [-0.2, 0) is 9.53 Å². The lowest BCUT2D eigenvalue weighted by atomic mass is 9.95. The van der Waals surface area contributed by atoms with Gasteiger partial charge in [-0.3, -0.25) is 9.80 Å². The molecule has 0 spiro atoms. The maximum Gasteiger partial charge on any atom is 0.491 e. The third-order valence-corrected chi connectivity index (χ3v) is 4.47. The van der Waals surface area contributed by atoms with Crippen LogP contribution >= 0.6 is 0 Å². The Balaban J connectivity index is 2.01. The molecule has 1 amide bonds. The minimum Gasteiger partial charge on any atom is -0.369 e. The van der Waals surface area contributed by atoms with Gasteiger partial charge in [-0.15, -0.1) is 0 Å². The summed E-state index contributed by atoms with van der Waals surface area (Å²) < 4.78 is 41.1. The summed E-state index contributed by atoms with van der Waals surface area (Å²) in [5.41, 5.74) is -0.742. The number of carbonyl (C=O) groups excluding carboxylic acids is 2. The number of halogens is 3. The molecular weight excluding hydrogens is 327 g/mol. The summed E-state index contributed by atoms with van der Waals surface area (Å²) >= 11 is 0. The zero-order valence-electron chi connectivity index (χ0n) is 14.2. The molecule has 2 heterocycles. The van der Waals surface area contributed by atoms with Gasteiger partial charge in [-0.1, -0.05) is 0 Å². The van der Waals surface area contributed by atoms with Gasteiger partial charge < -0.3 is 10.1 Å². The number of likely N-dealkylation sites (tertiary alicyclic amines) is 1. The predicted molar refractivity (Wildman–Crippen MR) is 80.4 cm³/mol. The topological polar surface area (TPSA) is 61.9 Å². The minimum atomic E-state index is -5.18. The average Bonchev–Trinajstić information content (AvgIpc) is 2.36. The summed E-state index contributed by atoms with van der Waals surface area (Å²) in [7, 11) is 0. The average molecular weight is 351 g/mol. The van der Waals surface area contributed by atoms with Crippen LogP contribution in [0.3, 0.4) is 0 Å². The molecule has 0 aromatic carbocycles. The third-order valence-electron chi connectivity index (χ3n) is 4.47. The van der Waals surface area contributed by atoms with Gasteiger partial charge in [-0.05, 0) is 33.6 Å². The fourth-order valence-electron chi connectivity index (χ4n) is 3.20. The van der Waals surface area contributed by atoms with Crippen molar-refractivity contribution in [3.8, 4) is 0 Å². The Bertz CT molecular complexity index is 479. The molecule has 0 unspecified atom stereocenters. The van der Waals surface area contributed by atoms with Gasteiger partial charge >= 0.3 is 18.2 Å². The first-order chi connectivity index (χ1) is 11.0. The second-order valence-electron chi connectivity index (χ2n) is 7.27. The molecule has 1 N–H and O–H groups in total. The number of nitrogens with one attached hydrogen (secondary N) is 1. The van der Waals surface area contributed by atoms with Crippen LogP contribution in [0.15, 0.2) is 0 Å². The van der Waals surface area contributed by atoms with Gasteiger partial charge in [-0.2, -0.15) is 13.2 Å². The van der Waals surface area contributed by atoms with Crippen LogP contribution in [0.25, 0.3) is 0 Å². The summed E-state index contributed by atoms with van der Waals surface area (Å²) in [4.78, 5) is 26.7.